The Bertz CT molecular complexity index is 1280. The minimum atomic E-state index is -0.580. The highest BCUT2D eigenvalue weighted by Crippen LogP contribution is 2.23. The van der Waals surface area contributed by atoms with Gasteiger partial charge in [0.15, 0.2) is 0 Å². The second-order valence-corrected chi connectivity index (χ2v) is 8.18. The second-order valence-electron chi connectivity index (χ2n) is 8.18. The summed E-state index contributed by atoms with van der Waals surface area (Å²) in [7, 11) is 0. The average molecular weight is 472 g/mol. The van der Waals surface area contributed by atoms with Gasteiger partial charge in [-0.2, -0.15) is 0 Å². The van der Waals surface area contributed by atoms with Crippen molar-refractivity contribution in [1.29, 1.82) is 0 Å². The van der Waals surface area contributed by atoms with Gasteiger partial charge in [-0.3, -0.25) is 19.7 Å². The zero-order chi connectivity index (χ0) is 24.6. The van der Waals surface area contributed by atoms with Crippen molar-refractivity contribution < 1.29 is 9.21 Å². The van der Waals surface area contributed by atoms with E-state index < -0.39 is 5.63 Å². The molecule has 0 fully saturated rings. The standard InChI is InChI=1S/C27H29N5O3/c1-3-32(4-2)23-12-11-20-15-24(27(34)35-25(20)16-23)30-26(33)19-31(17-21-9-5-7-13-28-21)18-22-10-6-8-14-29-22/h5-16H,3-4,17-19H2,1-2H3,(H,30,33). The lowest BCUT2D eigenvalue weighted by molar-refractivity contribution is -0.117. The molecule has 3 heterocycles. The summed E-state index contributed by atoms with van der Waals surface area (Å²) in [6.07, 6.45) is 3.45. The summed E-state index contributed by atoms with van der Waals surface area (Å²) in [4.78, 5) is 38.4. The molecule has 0 aliphatic rings. The molecule has 0 bridgehead atoms. The van der Waals surface area contributed by atoms with Crippen LogP contribution in [0.3, 0.4) is 0 Å². The van der Waals surface area contributed by atoms with Gasteiger partial charge in [0.2, 0.25) is 5.91 Å². The number of fused-ring (bicyclic) bond motifs is 1. The van der Waals surface area contributed by atoms with Crippen molar-refractivity contribution in [3.8, 4) is 0 Å². The molecule has 4 aromatic rings. The summed E-state index contributed by atoms with van der Waals surface area (Å²) < 4.78 is 5.54. The number of carbonyl (C=O) groups excluding carboxylic acids is 1. The van der Waals surface area contributed by atoms with Crippen LogP contribution in [0, 0.1) is 0 Å². The van der Waals surface area contributed by atoms with E-state index in [-0.39, 0.29) is 18.1 Å². The predicted molar refractivity (Wildman–Crippen MR) is 137 cm³/mol. The summed E-state index contributed by atoms with van der Waals surface area (Å²) in [6, 6.07) is 18.7. The molecule has 0 saturated carbocycles. The van der Waals surface area contributed by atoms with E-state index in [0.29, 0.717) is 18.7 Å². The third-order valence-electron chi connectivity index (χ3n) is 5.71. The van der Waals surface area contributed by atoms with Crippen molar-refractivity contribution in [3.05, 3.63) is 94.9 Å². The number of nitrogens with one attached hydrogen (secondary N) is 1. The topological polar surface area (TPSA) is 91.6 Å². The Kier molecular flexibility index (Phi) is 7.84. The molecule has 0 aliphatic carbocycles. The Morgan fingerprint density at radius 1 is 0.914 bits per heavy atom. The van der Waals surface area contributed by atoms with Gasteiger partial charge in [0.1, 0.15) is 11.3 Å². The molecule has 0 atom stereocenters. The van der Waals surface area contributed by atoms with E-state index in [4.69, 9.17) is 4.42 Å². The first-order chi connectivity index (χ1) is 17.1. The van der Waals surface area contributed by atoms with Crippen LogP contribution in [0.1, 0.15) is 25.2 Å². The minimum absolute atomic E-state index is 0.0610. The molecule has 0 saturated heterocycles. The van der Waals surface area contributed by atoms with Crippen LogP contribution in [0.15, 0.2) is 82.3 Å². The fourth-order valence-corrected chi connectivity index (χ4v) is 3.97. The fourth-order valence-electron chi connectivity index (χ4n) is 3.97. The molecule has 8 heteroatoms. The molecule has 8 nitrogen and oxygen atoms in total. The molecule has 35 heavy (non-hydrogen) atoms. The van der Waals surface area contributed by atoms with Crippen LogP contribution in [0.5, 0.6) is 0 Å². The highest BCUT2D eigenvalue weighted by molar-refractivity contribution is 5.94. The van der Waals surface area contributed by atoms with Crippen molar-refractivity contribution in [2.45, 2.75) is 26.9 Å². The van der Waals surface area contributed by atoms with Gasteiger partial charge in [0, 0.05) is 55.7 Å². The smallest absolute Gasteiger partial charge is 0.360 e. The summed E-state index contributed by atoms with van der Waals surface area (Å²) in [5, 5.41) is 3.47. The fraction of sp³-hybridized carbons (Fsp3) is 0.259. The zero-order valence-electron chi connectivity index (χ0n) is 20.0. The van der Waals surface area contributed by atoms with Gasteiger partial charge in [0.05, 0.1) is 17.9 Å². The molecule has 1 amide bonds. The van der Waals surface area contributed by atoms with Crippen LogP contribution in [0.4, 0.5) is 11.4 Å². The highest BCUT2D eigenvalue weighted by atomic mass is 16.4. The van der Waals surface area contributed by atoms with Gasteiger partial charge in [-0.15, -0.1) is 0 Å². The average Bonchev–Trinajstić information content (AvgIpc) is 2.86. The Balaban J connectivity index is 1.51. The molecule has 1 N–H and O–H groups in total. The van der Waals surface area contributed by atoms with Gasteiger partial charge in [-0.1, -0.05) is 12.1 Å². The van der Waals surface area contributed by atoms with Crippen molar-refractivity contribution in [3.63, 3.8) is 0 Å². The number of aromatic nitrogens is 2. The number of benzene rings is 1. The van der Waals surface area contributed by atoms with Gasteiger partial charge in [0.25, 0.3) is 0 Å². The zero-order valence-corrected chi connectivity index (χ0v) is 20.0. The van der Waals surface area contributed by atoms with E-state index in [2.05, 4.69) is 34.0 Å². The second kappa shape index (κ2) is 11.4. The SMILES string of the molecule is CCN(CC)c1ccc2cc(NC(=O)CN(Cc3ccccn3)Cc3ccccn3)c(=O)oc2c1. The summed E-state index contributed by atoms with van der Waals surface area (Å²) in [5.41, 5.74) is 2.69. The Labute approximate surface area is 204 Å². The predicted octanol–water partition coefficient (Wildman–Crippen LogP) is 4.07. The lowest BCUT2D eigenvalue weighted by Crippen LogP contribution is -2.34. The number of nitrogens with zero attached hydrogens (tertiary/aromatic N) is 4. The largest absolute Gasteiger partial charge is 0.421 e. The van der Waals surface area contributed by atoms with E-state index in [1.165, 1.54) is 0 Å². The van der Waals surface area contributed by atoms with E-state index in [9.17, 15) is 9.59 Å². The minimum Gasteiger partial charge on any atom is -0.421 e. The van der Waals surface area contributed by atoms with Crippen LogP contribution in [-0.2, 0) is 17.9 Å². The lowest BCUT2D eigenvalue weighted by atomic mass is 10.2. The van der Waals surface area contributed by atoms with Crippen LogP contribution in [0.25, 0.3) is 11.0 Å². The number of rotatable bonds is 10. The Morgan fingerprint density at radius 2 is 1.57 bits per heavy atom. The van der Waals surface area contributed by atoms with E-state index in [1.807, 2.05) is 59.5 Å². The van der Waals surface area contributed by atoms with Crippen LogP contribution < -0.4 is 15.8 Å². The number of pyridine rings is 2. The molecule has 3 aromatic heterocycles. The quantitative estimate of drug-likeness (QED) is 0.349. The highest BCUT2D eigenvalue weighted by Gasteiger charge is 2.16. The maximum atomic E-state index is 12.9. The third kappa shape index (κ3) is 6.30. The lowest BCUT2D eigenvalue weighted by Gasteiger charge is -2.21. The van der Waals surface area contributed by atoms with Gasteiger partial charge >= 0.3 is 5.63 Å². The van der Waals surface area contributed by atoms with Gasteiger partial charge in [-0.25, -0.2) is 4.79 Å². The molecule has 4 rings (SSSR count). The number of anilines is 2. The molecule has 180 valence electrons. The molecule has 0 aliphatic heterocycles. The first-order valence-corrected chi connectivity index (χ1v) is 11.7. The molecular formula is C27H29N5O3. The molecule has 0 spiro atoms. The summed E-state index contributed by atoms with van der Waals surface area (Å²) in [6.45, 7) is 6.85. The van der Waals surface area contributed by atoms with E-state index >= 15 is 0 Å². The Hall–Kier alpha value is -4.04. The summed E-state index contributed by atoms with van der Waals surface area (Å²) in [5.74, 6) is -0.316. The van der Waals surface area contributed by atoms with Crippen molar-refractivity contribution in [2.24, 2.45) is 0 Å². The number of hydrogen-bond donors (Lipinski definition) is 1. The van der Waals surface area contributed by atoms with Crippen LogP contribution in [0.2, 0.25) is 0 Å². The summed E-state index contributed by atoms with van der Waals surface area (Å²) >= 11 is 0. The third-order valence-corrected chi connectivity index (χ3v) is 5.71. The van der Waals surface area contributed by atoms with Crippen LogP contribution in [-0.4, -0.2) is 40.4 Å². The Morgan fingerprint density at radius 3 is 2.14 bits per heavy atom. The van der Waals surface area contributed by atoms with Crippen LogP contribution >= 0.6 is 0 Å². The van der Waals surface area contributed by atoms with Gasteiger partial charge < -0.3 is 14.6 Å². The molecule has 1 aromatic carbocycles. The monoisotopic (exact) mass is 471 g/mol. The van der Waals surface area contributed by atoms with E-state index in [0.717, 1.165) is 35.6 Å². The number of amides is 1. The van der Waals surface area contributed by atoms with Crippen molar-refractivity contribution in [1.82, 2.24) is 14.9 Å². The first-order valence-electron chi connectivity index (χ1n) is 11.7. The maximum absolute atomic E-state index is 12.9. The van der Waals surface area contributed by atoms with Crippen molar-refractivity contribution >= 4 is 28.3 Å². The van der Waals surface area contributed by atoms with Gasteiger partial charge in [-0.05, 0) is 56.3 Å². The molecule has 0 radical (unpaired) electrons. The number of hydrogen-bond acceptors (Lipinski definition) is 7. The van der Waals surface area contributed by atoms with E-state index in [1.54, 1.807) is 18.5 Å². The normalized spacial score (nSPS) is 11.1. The molecular weight excluding hydrogens is 442 g/mol. The van der Waals surface area contributed by atoms with Crippen molar-refractivity contribution in [2.75, 3.05) is 29.9 Å². The first kappa shape index (κ1) is 24.1. The number of carbonyl (C=O) groups is 1. The maximum Gasteiger partial charge on any atom is 0.360 e. The molecule has 0 unspecified atom stereocenters.